The molecule has 3 nitrogen and oxygen atoms in total. The number of benzene rings is 1. The number of rotatable bonds is 2. The van der Waals surface area contributed by atoms with Crippen molar-refractivity contribution in [2.75, 3.05) is 0 Å². The molecule has 1 N–H and O–H groups in total. The maximum atomic E-state index is 11.2. The Morgan fingerprint density at radius 1 is 1.24 bits per heavy atom. The largest absolute Gasteiger partial charge is 0.478 e. The van der Waals surface area contributed by atoms with Gasteiger partial charge in [0.1, 0.15) is 0 Å². The number of hydrogen-bond acceptors (Lipinski definition) is 2. The van der Waals surface area contributed by atoms with Gasteiger partial charge in [-0.3, -0.25) is 4.99 Å². The Morgan fingerprint density at radius 2 is 2.00 bits per heavy atom. The van der Waals surface area contributed by atoms with Gasteiger partial charge in [0, 0.05) is 11.8 Å². The van der Waals surface area contributed by atoms with Crippen LogP contribution in [0.15, 0.2) is 52.1 Å². The maximum absolute atomic E-state index is 11.2. The van der Waals surface area contributed by atoms with Crippen molar-refractivity contribution in [2.45, 2.75) is 13.0 Å². The van der Waals surface area contributed by atoms with E-state index in [-0.39, 0.29) is 6.04 Å². The lowest BCUT2D eigenvalue weighted by Crippen LogP contribution is -2.15. The lowest BCUT2D eigenvalue weighted by Gasteiger charge is -2.18. The normalized spacial score (nSPS) is 20.2. The van der Waals surface area contributed by atoms with Crippen LogP contribution in [-0.4, -0.2) is 23.3 Å². The predicted molar refractivity (Wildman–Crippen MR) is 85.1 cm³/mol. The average Bonchev–Trinajstić information content (AvgIpc) is 2.86. The van der Waals surface area contributed by atoms with Crippen LogP contribution in [0.25, 0.3) is 5.57 Å². The number of fused-ring (bicyclic) bond motifs is 1. The molecule has 0 saturated heterocycles. The van der Waals surface area contributed by atoms with E-state index in [0.717, 1.165) is 22.3 Å². The molecule has 0 saturated carbocycles. The molecule has 0 spiro atoms. The van der Waals surface area contributed by atoms with Crippen molar-refractivity contribution in [1.29, 1.82) is 0 Å². The third-order valence-corrected chi connectivity index (χ3v) is 4.42. The highest BCUT2D eigenvalue weighted by atomic mass is 35.5. The standard InChI is InChI=1S/C16H11Cl2NO2/c1-8-10(16(20)21)3-4-11-12(7-19-15(8)11)9-2-5-13(17)14(18)6-9/h2-7,15H,1H3,(H,20,21). The summed E-state index contributed by atoms with van der Waals surface area (Å²) in [6, 6.07) is 5.18. The summed E-state index contributed by atoms with van der Waals surface area (Å²) in [7, 11) is 0. The number of aliphatic carboxylic acids is 1. The molecule has 1 aromatic carbocycles. The number of allylic oxidation sites excluding steroid dienone is 1. The second-order valence-corrected chi connectivity index (χ2v) is 5.73. The molecule has 0 aromatic heterocycles. The highest BCUT2D eigenvalue weighted by Crippen LogP contribution is 2.36. The minimum Gasteiger partial charge on any atom is -0.478 e. The Kier molecular flexibility index (Phi) is 3.47. The molecule has 3 rings (SSSR count). The summed E-state index contributed by atoms with van der Waals surface area (Å²) < 4.78 is 0. The van der Waals surface area contributed by atoms with E-state index in [2.05, 4.69) is 4.99 Å². The van der Waals surface area contributed by atoms with E-state index in [4.69, 9.17) is 28.3 Å². The first-order valence-electron chi connectivity index (χ1n) is 6.34. The molecular formula is C16H11Cl2NO2. The highest BCUT2D eigenvalue weighted by molar-refractivity contribution is 6.42. The molecule has 1 aromatic rings. The van der Waals surface area contributed by atoms with Crippen molar-refractivity contribution in [1.82, 2.24) is 0 Å². The van der Waals surface area contributed by atoms with Crippen LogP contribution in [0.2, 0.25) is 10.0 Å². The van der Waals surface area contributed by atoms with E-state index in [9.17, 15) is 4.79 Å². The molecule has 1 aliphatic heterocycles. The second kappa shape index (κ2) is 5.17. The number of carboxylic acid groups (broad SMARTS) is 1. The smallest absolute Gasteiger partial charge is 0.335 e. The van der Waals surface area contributed by atoms with E-state index in [1.54, 1.807) is 31.3 Å². The van der Waals surface area contributed by atoms with Gasteiger partial charge in [0.25, 0.3) is 0 Å². The lowest BCUT2D eigenvalue weighted by atomic mass is 9.88. The summed E-state index contributed by atoms with van der Waals surface area (Å²) in [5.74, 6) is -0.930. The van der Waals surface area contributed by atoms with Crippen LogP contribution < -0.4 is 0 Å². The molecule has 21 heavy (non-hydrogen) atoms. The third kappa shape index (κ3) is 2.33. The number of aliphatic imine (C=N–C) groups is 1. The van der Waals surface area contributed by atoms with Gasteiger partial charge in [-0.25, -0.2) is 4.79 Å². The summed E-state index contributed by atoms with van der Waals surface area (Å²) in [5.41, 5.74) is 3.89. The second-order valence-electron chi connectivity index (χ2n) is 4.91. The molecule has 0 radical (unpaired) electrons. The molecule has 0 amide bonds. The summed E-state index contributed by atoms with van der Waals surface area (Å²) in [6.45, 7) is 1.80. The molecule has 1 unspecified atom stereocenters. The first kappa shape index (κ1) is 14.1. The highest BCUT2D eigenvalue weighted by Gasteiger charge is 2.28. The van der Waals surface area contributed by atoms with Gasteiger partial charge in [0.15, 0.2) is 0 Å². The summed E-state index contributed by atoms with van der Waals surface area (Å²) in [6.07, 6.45) is 5.19. The first-order valence-corrected chi connectivity index (χ1v) is 7.09. The molecule has 1 heterocycles. The quantitative estimate of drug-likeness (QED) is 0.889. The fourth-order valence-corrected chi connectivity index (χ4v) is 2.87. The number of nitrogens with zero attached hydrogens (tertiary/aromatic N) is 1. The van der Waals surface area contributed by atoms with Crippen LogP contribution in [0.3, 0.4) is 0 Å². The van der Waals surface area contributed by atoms with Gasteiger partial charge in [0.05, 0.1) is 21.7 Å². The summed E-state index contributed by atoms with van der Waals surface area (Å²) in [5, 5.41) is 10.2. The Hall–Kier alpha value is -1.84. The Balaban J connectivity index is 2.08. The van der Waals surface area contributed by atoms with Crippen molar-refractivity contribution in [3.05, 3.63) is 62.7 Å². The average molecular weight is 320 g/mol. The molecule has 2 aliphatic rings. The SMILES string of the molecule is CC1=C(C(=O)O)C=CC2=C(c3ccc(Cl)c(Cl)c3)C=NC12. The van der Waals surface area contributed by atoms with E-state index in [1.165, 1.54) is 0 Å². The minimum absolute atomic E-state index is 0.231. The third-order valence-electron chi connectivity index (χ3n) is 3.68. The number of halogens is 2. The lowest BCUT2D eigenvalue weighted by molar-refractivity contribution is -0.132. The van der Waals surface area contributed by atoms with E-state index >= 15 is 0 Å². The molecule has 0 fully saturated rings. The van der Waals surface area contributed by atoms with Crippen LogP contribution in [0, 0.1) is 0 Å². The number of carboxylic acids is 1. The molecule has 106 valence electrons. The Bertz CT molecular complexity index is 772. The zero-order valence-electron chi connectivity index (χ0n) is 11.1. The van der Waals surface area contributed by atoms with Crippen molar-refractivity contribution < 1.29 is 9.90 Å². The Morgan fingerprint density at radius 3 is 2.67 bits per heavy atom. The van der Waals surface area contributed by atoms with Gasteiger partial charge in [0.2, 0.25) is 0 Å². The van der Waals surface area contributed by atoms with Gasteiger partial charge in [-0.05, 0) is 41.8 Å². The van der Waals surface area contributed by atoms with Crippen LogP contribution in [0.1, 0.15) is 12.5 Å². The molecular weight excluding hydrogens is 309 g/mol. The van der Waals surface area contributed by atoms with Crippen molar-refractivity contribution in [2.24, 2.45) is 4.99 Å². The minimum atomic E-state index is -0.930. The molecule has 1 aliphatic carbocycles. The monoisotopic (exact) mass is 319 g/mol. The fraction of sp³-hybridized carbons (Fsp3) is 0.125. The van der Waals surface area contributed by atoms with E-state index in [0.29, 0.717) is 15.6 Å². The maximum Gasteiger partial charge on any atom is 0.335 e. The zero-order chi connectivity index (χ0) is 15.1. The van der Waals surface area contributed by atoms with Crippen LogP contribution in [0.4, 0.5) is 0 Å². The van der Waals surface area contributed by atoms with Crippen LogP contribution in [-0.2, 0) is 4.79 Å². The van der Waals surface area contributed by atoms with Crippen molar-refractivity contribution in [3.63, 3.8) is 0 Å². The number of carbonyl (C=O) groups is 1. The van der Waals surface area contributed by atoms with Crippen molar-refractivity contribution >= 4 is 41.0 Å². The summed E-state index contributed by atoms with van der Waals surface area (Å²) >= 11 is 12.0. The molecule has 1 atom stereocenters. The van der Waals surface area contributed by atoms with Gasteiger partial charge in [-0.1, -0.05) is 35.3 Å². The van der Waals surface area contributed by atoms with Gasteiger partial charge in [-0.15, -0.1) is 0 Å². The van der Waals surface area contributed by atoms with E-state index in [1.807, 2.05) is 12.1 Å². The topological polar surface area (TPSA) is 49.7 Å². The van der Waals surface area contributed by atoms with Gasteiger partial charge < -0.3 is 5.11 Å². The van der Waals surface area contributed by atoms with Crippen LogP contribution in [0.5, 0.6) is 0 Å². The van der Waals surface area contributed by atoms with E-state index < -0.39 is 5.97 Å². The zero-order valence-corrected chi connectivity index (χ0v) is 12.6. The van der Waals surface area contributed by atoms with Crippen molar-refractivity contribution in [3.8, 4) is 0 Å². The Labute approximate surface area is 131 Å². The molecule has 0 bridgehead atoms. The fourth-order valence-electron chi connectivity index (χ4n) is 2.57. The van der Waals surface area contributed by atoms with Gasteiger partial charge >= 0.3 is 5.97 Å². The van der Waals surface area contributed by atoms with Crippen LogP contribution >= 0.6 is 23.2 Å². The predicted octanol–water partition coefficient (Wildman–Crippen LogP) is 4.17. The van der Waals surface area contributed by atoms with Gasteiger partial charge in [-0.2, -0.15) is 0 Å². The molecule has 5 heteroatoms. The first-order chi connectivity index (χ1) is 9.99. The number of hydrogen-bond donors (Lipinski definition) is 1. The summed E-state index contributed by atoms with van der Waals surface area (Å²) in [4.78, 5) is 15.6.